The third-order valence-corrected chi connectivity index (χ3v) is 5.16. The van der Waals surface area contributed by atoms with E-state index in [2.05, 4.69) is 17.2 Å². The van der Waals surface area contributed by atoms with Crippen LogP contribution in [0.4, 0.5) is 4.39 Å². The Morgan fingerprint density at radius 3 is 2.36 bits per heavy atom. The van der Waals surface area contributed by atoms with Gasteiger partial charge in [0, 0.05) is 19.7 Å². The summed E-state index contributed by atoms with van der Waals surface area (Å²) in [6.45, 7) is 0.0465. The second-order valence-electron chi connectivity index (χ2n) is 5.28. The van der Waals surface area contributed by atoms with Crippen molar-refractivity contribution in [3.05, 3.63) is 65.5 Å². The smallest absolute Gasteiger partial charge is 0.252 e. The molecule has 0 spiro atoms. The molecule has 0 aliphatic rings. The molecule has 7 heteroatoms. The number of nitrogens with one attached hydrogen (secondary N) is 1. The fourth-order valence-electron chi connectivity index (χ4n) is 1.92. The highest BCUT2D eigenvalue weighted by molar-refractivity contribution is 7.89. The molecule has 2 rings (SSSR count). The summed E-state index contributed by atoms with van der Waals surface area (Å²) >= 11 is 0. The Hall–Kier alpha value is -2.69. The van der Waals surface area contributed by atoms with Crippen molar-refractivity contribution in [1.29, 1.82) is 0 Å². The molecule has 1 amide bonds. The van der Waals surface area contributed by atoms with Crippen LogP contribution >= 0.6 is 0 Å². The maximum atomic E-state index is 13.4. The molecule has 130 valence electrons. The quantitative estimate of drug-likeness (QED) is 0.847. The van der Waals surface area contributed by atoms with Crippen LogP contribution in [-0.2, 0) is 10.0 Å². The van der Waals surface area contributed by atoms with Crippen LogP contribution in [0.3, 0.4) is 0 Å². The summed E-state index contributed by atoms with van der Waals surface area (Å²) in [5.74, 6) is 4.50. The lowest BCUT2D eigenvalue weighted by Crippen LogP contribution is -2.24. The minimum atomic E-state index is -3.53. The first kappa shape index (κ1) is 18.6. The second kappa shape index (κ2) is 7.92. The molecule has 25 heavy (non-hydrogen) atoms. The zero-order valence-electron chi connectivity index (χ0n) is 13.8. The molecule has 0 unspecified atom stereocenters. The topological polar surface area (TPSA) is 66.5 Å². The van der Waals surface area contributed by atoms with Gasteiger partial charge in [-0.1, -0.05) is 24.0 Å². The molecule has 0 bridgehead atoms. The molecule has 0 aliphatic heterocycles. The lowest BCUT2D eigenvalue weighted by molar-refractivity contribution is 0.0958. The van der Waals surface area contributed by atoms with E-state index in [9.17, 15) is 17.6 Å². The second-order valence-corrected chi connectivity index (χ2v) is 7.43. The number of halogens is 1. The summed E-state index contributed by atoms with van der Waals surface area (Å²) < 4.78 is 38.4. The van der Waals surface area contributed by atoms with E-state index < -0.39 is 21.7 Å². The maximum absolute atomic E-state index is 13.4. The molecule has 0 heterocycles. The SMILES string of the molecule is CN(C)S(=O)(=O)c1ccc(C(=O)NCC#Cc2ccccc2F)cc1. The summed E-state index contributed by atoms with van der Waals surface area (Å²) in [5, 5.41) is 2.57. The van der Waals surface area contributed by atoms with Crippen molar-refractivity contribution in [1.82, 2.24) is 9.62 Å². The van der Waals surface area contributed by atoms with Gasteiger partial charge in [-0.05, 0) is 36.4 Å². The summed E-state index contributed by atoms with van der Waals surface area (Å²) in [6.07, 6.45) is 0. The van der Waals surface area contributed by atoms with E-state index >= 15 is 0 Å². The lowest BCUT2D eigenvalue weighted by atomic mass is 10.2. The zero-order chi connectivity index (χ0) is 18.4. The number of benzene rings is 2. The van der Waals surface area contributed by atoms with Crippen molar-refractivity contribution in [3.8, 4) is 11.8 Å². The Morgan fingerprint density at radius 1 is 1.12 bits per heavy atom. The Morgan fingerprint density at radius 2 is 1.76 bits per heavy atom. The summed E-state index contributed by atoms with van der Waals surface area (Å²) in [4.78, 5) is 12.1. The molecule has 0 aromatic heterocycles. The van der Waals surface area contributed by atoms with Gasteiger partial charge < -0.3 is 5.32 Å². The van der Waals surface area contributed by atoms with E-state index in [1.165, 1.54) is 44.4 Å². The van der Waals surface area contributed by atoms with Crippen LogP contribution in [0, 0.1) is 17.7 Å². The van der Waals surface area contributed by atoms with Crippen molar-refractivity contribution < 1.29 is 17.6 Å². The Labute approximate surface area is 146 Å². The van der Waals surface area contributed by atoms with E-state index in [0.29, 0.717) is 5.56 Å². The predicted octanol–water partition coefficient (Wildman–Crippen LogP) is 1.86. The van der Waals surface area contributed by atoms with E-state index in [4.69, 9.17) is 0 Å². The van der Waals surface area contributed by atoms with Gasteiger partial charge in [0.1, 0.15) is 5.82 Å². The highest BCUT2D eigenvalue weighted by atomic mass is 32.2. The first-order valence-electron chi connectivity index (χ1n) is 7.36. The zero-order valence-corrected chi connectivity index (χ0v) is 14.6. The van der Waals surface area contributed by atoms with Gasteiger partial charge in [-0.15, -0.1) is 0 Å². The molecule has 5 nitrogen and oxygen atoms in total. The third kappa shape index (κ3) is 4.66. The number of carbonyl (C=O) groups is 1. The molecule has 0 aliphatic carbocycles. The van der Waals surface area contributed by atoms with Crippen LogP contribution < -0.4 is 5.32 Å². The number of rotatable bonds is 4. The van der Waals surface area contributed by atoms with Gasteiger partial charge in [-0.25, -0.2) is 17.1 Å². The first-order chi connectivity index (χ1) is 11.8. The van der Waals surface area contributed by atoms with Crippen molar-refractivity contribution in [3.63, 3.8) is 0 Å². The molecular formula is C18H17FN2O3S. The van der Waals surface area contributed by atoms with Gasteiger partial charge >= 0.3 is 0 Å². The van der Waals surface area contributed by atoms with Gasteiger partial charge in [-0.2, -0.15) is 0 Å². The van der Waals surface area contributed by atoms with Crippen LogP contribution in [0.5, 0.6) is 0 Å². The number of hydrogen-bond donors (Lipinski definition) is 1. The molecule has 1 N–H and O–H groups in total. The Bertz CT molecular complexity index is 927. The Balaban J connectivity index is 2.00. The minimum Gasteiger partial charge on any atom is -0.341 e. The molecular weight excluding hydrogens is 343 g/mol. The molecule has 0 saturated heterocycles. The lowest BCUT2D eigenvalue weighted by Gasteiger charge is -2.11. The molecule has 2 aromatic rings. The number of amides is 1. The first-order valence-corrected chi connectivity index (χ1v) is 8.80. The van der Waals surface area contributed by atoms with Gasteiger partial charge in [0.15, 0.2) is 0 Å². The highest BCUT2D eigenvalue weighted by Crippen LogP contribution is 2.13. The van der Waals surface area contributed by atoms with Crippen LogP contribution in [0.1, 0.15) is 15.9 Å². The van der Waals surface area contributed by atoms with E-state index in [-0.39, 0.29) is 17.0 Å². The number of sulfonamides is 1. The van der Waals surface area contributed by atoms with Crippen molar-refractivity contribution in [2.24, 2.45) is 0 Å². The molecule has 0 saturated carbocycles. The summed E-state index contributed by atoms with van der Waals surface area (Å²) in [7, 11) is -0.662. The standard InChI is InChI=1S/C18H17FN2O3S/c1-21(2)25(23,24)16-11-9-15(10-12-16)18(22)20-13-5-7-14-6-3-4-8-17(14)19/h3-4,6,8-12H,13H2,1-2H3,(H,20,22). The fourth-order valence-corrected chi connectivity index (χ4v) is 2.82. The predicted molar refractivity (Wildman–Crippen MR) is 92.9 cm³/mol. The average Bonchev–Trinajstić information content (AvgIpc) is 2.60. The average molecular weight is 360 g/mol. The molecule has 0 fully saturated rings. The Kier molecular flexibility index (Phi) is 5.91. The van der Waals surface area contributed by atoms with Crippen LogP contribution in [0.25, 0.3) is 0 Å². The van der Waals surface area contributed by atoms with Crippen molar-refractivity contribution >= 4 is 15.9 Å². The van der Waals surface area contributed by atoms with E-state index in [1.807, 2.05) is 0 Å². The van der Waals surface area contributed by atoms with E-state index in [1.54, 1.807) is 18.2 Å². The van der Waals surface area contributed by atoms with Crippen LogP contribution in [0.15, 0.2) is 53.4 Å². The van der Waals surface area contributed by atoms with Crippen molar-refractivity contribution in [2.75, 3.05) is 20.6 Å². The number of hydrogen-bond acceptors (Lipinski definition) is 3. The molecule has 0 atom stereocenters. The molecule has 2 aromatic carbocycles. The van der Waals surface area contributed by atoms with Gasteiger partial charge in [0.25, 0.3) is 5.91 Å². The van der Waals surface area contributed by atoms with Gasteiger partial charge in [0.05, 0.1) is 17.0 Å². The van der Waals surface area contributed by atoms with Gasteiger partial charge in [0.2, 0.25) is 10.0 Å². The highest BCUT2D eigenvalue weighted by Gasteiger charge is 2.17. The van der Waals surface area contributed by atoms with Crippen molar-refractivity contribution in [2.45, 2.75) is 4.90 Å². The third-order valence-electron chi connectivity index (χ3n) is 3.33. The largest absolute Gasteiger partial charge is 0.341 e. The number of nitrogens with zero attached hydrogens (tertiary/aromatic N) is 1. The summed E-state index contributed by atoms with van der Waals surface area (Å²) in [5.41, 5.74) is 0.570. The number of carbonyl (C=O) groups excluding carboxylic acids is 1. The maximum Gasteiger partial charge on any atom is 0.252 e. The van der Waals surface area contributed by atoms with Crippen LogP contribution in [-0.4, -0.2) is 39.3 Å². The van der Waals surface area contributed by atoms with Gasteiger partial charge in [-0.3, -0.25) is 4.79 Å². The minimum absolute atomic E-state index is 0.0465. The normalized spacial score (nSPS) is 10.9. The fraction of sp³-hybridized carbons (Fsp3) is 0.167. The molecule has 0 radical (unpaired) electrons. The summed E-state index contributed by atoms with van der Waals surface area (Å²) in [6, 6.07) is 11.7. The van der Waals surface area contributed by atoms with Crippen LogP contribution in [0.2, 0.25) is 0 Å². The monoisotopic (exact) mass is 360 g/mol. The van der Waals surface area contributed by atoms with E-state index in [0.717, 1.165) is 4.31 Å².